The molecule has 9 heteroatoms. The second kappa shape index (κ2) is 7.38. The lowest BCUT2D eigenvalue weighted by Crippen LogP contribution is -2.48. The van der Waals surface area contributed by atoms with Crippen LogP contribution >= 0.6 is 0 Å². The molecule has 0 amide bonds. The molecule has 0 radical (unpaired) electrons. The zero-order valence-electron chi connectivity index (χ0n) is 15.8. The van der Waals surface area contributed by atoms with Crippen molar-refractivity contribution in [3.05, 3.63) is 41.7 Å². The monoisotopic (exact) mass is 388 g/mol. The van der Waals surface area contributed by atoms with Crippen molar-refractivity contribution < 1.29 is 8.42 Å². The molecule has 0 saturated carbocycles. The molecule has 0 aliphatic carbocycles. The molecule has 3 rings (SSSR count). The van der Waals surface area contributed by atoms with E-state index in [1.807, 2.05) is 16.9 Å². The lowest BCUT2D eigenvalue weighted by molar-refractivity contribution is 0.180. The summed E-state index contributed by atoms with van der Waals surface area (Å²) in [6.07, 6.45) is 1.94. The van der Waals surface area contributed by atoms with Gasteiger partial charge in [0.1, 0.15) is 6.07 Å². The average molecular weight is 388 g/mol. The summed E-state index contributed by atoms with van der Waals surface area (Å²) < 4.78 is 29.0. The van der Waals surface area contributed by atoms with E-state index in [9.17, 15) is 13.7 Å². The minimum atomic E-state index is -3.66. The number of sulfonamides is 1. The third-order valence-electron chi connectivity index (χ3n) is 4.57. The van der Waals surface area contributed by atoms with Gasteiger partial charge in [-0.15, -0.1) is 5.10 Å². The number of nitriles is 1. The molecule has 0 unspecified atom stereocenters. The summed E-state index contributed by atoms with van der Waals surface area (Å²) in [7, 11) is -3.66. The molecule has 2 aromatic rings. The topological polar surface area (TPSA) is 95.1 Å². The molecule has 8 nitrogen and oxygen atoms in total. The van der Waals surface area contributed by atoms with Gasteiger partial charge in [-0.25, -0.2) is 13.1 Å². The molecule has 144 valence electrons. The Hall–Kier alpha value is -2.28. The van der Waals surface area contributed by atoms with Crippen LogP contribution in [0.25, 0.3) is 0 Å². The summed E-state index contributed by atoms with van der Waals surface area (Å²) >= 11 is 0. The summed E-state index contributed by atoms with van der Waals surface area (Å²) in [6, 6.07) is 8.29. The molecule has 0 spiro atoms. The standard InChI is InChI=1S/C18H24N6O2S/c1-18(2,3)24-14-16(20-21-24)13-22-8-10-23(11-9-22)27(25,26)17-7-5-4-6-15(17)12-19/h4-7,14H,8-11,13H2,1-3H3. The van der Waals surface area contributed by atoms with Gasteiger partial charge in [0.25, 0.3) is 0 Å². The molecule has 1 fully saturated rings. The first-order valence-electron chi connectivity index (χ1n) is 8.85. The van der Waals surface area contributed by atoms with Crippen LogP contribution in [0, 0.1) is 11.3 Å². The minimum Gasteiger partial charge on any atom is -0.295 e. The summed E-state index contributed by atoms with van der Waals surface area (Å²) in [4.78, 5) is 2.24. The highest BCUT2D eigenvalue weighted by atomic mass is 32.2. The number of rotatable bonds is 4. The van der Waals surface area contributed by atoms with Crippen LogP contribution in [0.4, 0.5) is 0 Å². The van der Waals surface area contributed by atoms with Crippen molar-refractivity contribution in [2.45, 2.75) is 37.8 Å². The van der Waals surface area contributed by atoms with Crippen molar-refractivity contribution in [2.24, 2.45) is 0 Å². The van der Waals surface area contributed by atoms with E-state index >= 15 is 0 Å². The van der Waals surface area contributed by atoms with Crippen molar-refractivity contribution in [3.63, 3.8) is 0 Å². The second-order valence-electron chi connectivity index (χ2n) is 7.61. The molecule has 0 N–H and O–H groups in total. The van der Waals surface area contributed by atoms with Crippen LogP contribution < -0.4 is 0 Å². The molecule has 1 aromatic carbocycles. The molecule has 0 atom stereocenters. The molecule has 0 bridgehead atoms. The number of piperazine rings is 1. The Morgan fingerprint density at radius 3 is 2.41 bits per heavy atom. The maximum absolute atomic E-state index is 12.9. The van der Waals surface area contributed by atoms with E-state index in [1.165, 1.54) is 16.4 Å². The third-order valence-corrected chi connectivity index (χ3v) is 6.53. The van der Waals surface area contributed by atoms with Gasteiger partial charge in [0, 0.05) is 32.7 Å². The van der Waals surface area contributed by atoms with Crippen LogP contribution in [0.5, 0.6) is 0 Å². The quantitative estimate of drug-likeness (QED) is 0.786. The zero-order valence-corrected chi connectivity index (χ0v) is 16.6. The summed E-state index contributed by atoms with van der Waals surface area (Å²) in [5, 5.41) is 17.6. The van der Waals surface area contributed by atoms with Gasteiger partial charge in [0.05, 0.1) is 27.9 Å². The minimum absolute atomic E-state index is 0.0778. The largest absolute Gasteiger partial charge is 0.295 e. The van der Waals surface area contributed by atoms with Gasteiger partial charge in [-0.3, -0.25) is 4.90 Å². The Morgan fingerprint density at radius 2 is 1.81 bits per heavy atom. The van der Waals surface area contributed by atoms with Gasteiger partial charge in [-0.2, -0.15) is 9.57 Å². The zero-order chi connectivity index (χ0) is 19.7. The fraction of sp³-hybridized carbons (Fsp3) is 0.500. The highest BCUT2D eigenvalue weighted by Crippen LogP contribution is 2.21. The third kappa shape index (κ3) is 4.18. The predicted molar refractivity (Wildman–Crippen MR) is 100 cm³/mol. The maximum atomic E-state index is 12.9. The smallest absolute Gasteiger partial charge is 0.244 e. The highest BCUT2D eigenvalue weighted by Gasteiger charge is 2.30. The first kappa shape index (κ1) is 19.5. The van der Waals surface area contributed by atoms with E-state index in [0.717, 1.165) is 5.69 Å². The molecule has 1 aromatic heterocycles. The van der Waals surface area contributed by atoms with Crippen LogP contribution in [-0.2, 0) is 22.1 Å². The normalized spacial score (nSPS) is 17.0. The van der Waals surface area contributed by atoms with E-state index in [1.54, 1.807) is 12.1 Å². The van der Waals surface area contributed by atoms with Crippen LogP contribution in [0.1, 0.15) is 32.0 Å². The molecule has 1 aliphatic rings. The number of benzene rings is 1. The first-order valence-corrected chi connectivity index (χ1v) is 10.3. The van der Waals surface area contributed by atoms with Gasteiger partial charge >= 0.3 is 0 Å². The number of aromatic nitrogens is 3. The van der Waals surface area contributed by atoms with Gasteiger partial charge in [-0.05, 0) is 32.9 Å². The van der Waals surface area contributed by atoms with E-state index < -0.39 is 10.0 Å². The van der Waals surface area contributed by atoms with Crippen LogP contribution in [0.2, 0.25) is 0 Å². The maximum Gasteiger partial charge on any atom is 0.244 e. The fourth-order valence-corrected chi connectivity index (χ4v) is 4.54. The number of hydrogen-bond acceptors (Lipinski definition) is 6. The van der Waals surface area contributed by atoms with Crippen molar-refractivity contribution >= 4 is 10.0 Å². The van der Waals surface area contributed by atoms with Gasteiger partial charge in [0.2, 0.25) is 10.0 Å². The van der Waals surface area contributed by atoms with Crippen molar-refractivity contribution in [2.75, 3.05) is 26.2 Å². The van der Waals surface area contributed by atoms with Crippen molar-refractivity contribution in [1.29, 1.82) is 5.26 Å². The number of hydrogen-bond donors (Lipinski definition) is 0. The van der Waals surface area contributed by atoms with Crippen LogP contribution in [0.15, 0.2) is 35.4 Å². The van der Waals surface area contributed by atoms with Crippen molar-refractivity contribution in [1.82, 2.24) is 24.2 Å². The van der Waals surface area contributed by atoms with E-state index in [4.69, 9.17) is 0 Å². The highest BCUT2D eigenvalue weighted by molar-refractivity contribution is 7.89. The summed E-state index contributed by atoms with van der Waals surface area (Å²) in [5.74, 6) is 0. The molecule has 1 saturated heterocycles. The Labute approximate surface area is 160 Å². The van der Waals surface area contributed by atoms with Crippen LogP contribution in [0.3, 0.4) is 0 Å². The lowest BCUT2D eigenvalue weighted by Gasteiger charge is -2.33. The summed E-state index contributed by atoms with van der Waals surface area (Å²) in [5.41, 5.74) is 0.932. The fourth-order valence-electron chi connectivity index (χ4n) is 2.98. The lowest BCUT2D eigenvalue weighted by atomic mass is 10.1. The molecule has 27 heavy (non-hydrogen) atoms. The van der Waals surface area contributed by atoms with Gasteiger partial charge < -0.3 is 0 Å². The average Bonchev–Trinajstić information content (AvgIpc) is 3.11. The first-order chi connectivity index (χ1) is 12.7. The summed E-state index contributed by atoms with van der Waals surface area (Å²) in [6.45, 7) is 8.81. The number of nitrogens with zero attached hydrogens (tertiary/aromatic N) is 6. The van der Waals surface area contributed by atoms with E-state index in [-0.39, 0.29) is 16.0 Å². The Bertz CT molecular complexity index is 947. The van der Waals surface area contributed by atoms with E-state index in [2.05, 4.69) is 36.0 Å². The van der Waals surface area contributed by atoms with Crippen LogP contribution in [-0.4, -0.2) is 58.8 Å². The molecular weight excluding hydrogens is 364 g/mol. The van der Waals surface area contributed by atoms with Gasteiger partial charge in [0.15, 0.2) is 0 Å². The van der Waals surface area contributed by atoms with E-state index in [0.29, 0.717) is 32.7 Å². The Morgan fingerprint density at radius 1 is 1.15 bits per heavy atom. The Kier molecular flexibility index (Phi) is 5.33. The molecular formula is C18H24N6O2S. The molecule has 2 heterocycles. The predicted octanol–water partition coefficient (Wildman–Crippen LogP) is 1.41. The Balaban J connectivity index is 1.65. The van der Waals surface area contributed by atoms with Gasteiger partial charge in [-0.1, -0.05) is 17.3 Å². The molecule has 1 aliphatic heterocycles. The SMILES string of the molecule is CC(C)(C)n1cc(CN2CCN(S(=O)(=O)c3ccccc3C#N)CC2)nn1. The second-order valence-corrected chi connectivity index (χ2v) is 9.52. The van der Waals surface area contributed by atoms with Crippen molar-refractivity contribution in [3.8, 4) is 6.07 Å².